The molecule has 3 rings (SSSR count). The van der Waals surface area contributed by atoms with Gasteiger partial charge in [0.2, 0.25) is 5.43 Å². The first-order valence-corrected chi connectivity index (χ1v) is 5.96. The van der Waals surface area contributed by atoms with Gasteiger partial charge in [-0.1, -0.05) is 18.2 Å². The molecule has 0 radical (unpaired) electrons. The number of ether oxygens (including phenoxy) is 1. The topological polar surface area (TPSA) is 76.7 Å². The quantitative estimate of drug-likeness (QED) is 0.739. The normalized spacial score (nSPS) is 10.8. The molecule has 1 N–H and O–H groups in total. The van der Waals surface area contributed by atoms with Crippen molar-refractivity contribution in [3.05, 3.63) is 52.7 Å². The van der Waals surface area contributed by atoms with Gasteiger partial charge in [0.25, 0.3) is 0 Å². The van der Waals surface area contributed by atoms with Crippen LogP contribution in [0.3, 0.4) is 0 Å². The number of carboxylic acid groups (broad SMARTS) is 1. The van der Waals surface area contributed by atoms with Crippen LogP contribution in [0, 0.1) is 0 Å². The number of hydrogen-bond donors (Lipinski definition) is 1. The van der Waals surface area contributed by atoms with E-state index in [-0.39, 0.29) is 16.8 Å². The molecule has 0 saturated carbocycles. The maximum absolute atomic E-state index is 12.3. The predicted molar refractivity (Wildman–Crippen MR) is 73.1 cm³/mol. The third-order valence-electron chi connectivity index (χ3n) is 2.92. The van der Waals surface area contributed by atoms with Crippen LogP contribution in [0.15, 0.2) is 51.7 Å². The van der Waals surface area contributed by atoms with Gasteiger partial charge in [-0.15, -0.1) is 0 Å². The number of fused-ring (bicyclic) bond motifs is 2. The zero-order chi connectivity index (χ0) is 14.1. The minimum absolute atomic E-state index is 0.164. The Morgan fingerprint density at radius 1 is 1.10 bits per heavy atom. The molecular weight excluding hydrogens is 260 g/mol. The Labute approximate surface area is 113 Å². The fourth-order valence-electron chi connectivity index (χ4n) is 2.05. The molecular formula is C15H10O5. The summed E-state index contributed by atoms with van der Waals surface area (Å²) in [5, 5.41) is 9.50. The highest BCUT2D eigenvalue weighted by molar-refractivity contribution is 5.92. The SMILES string of the molecule is O=C(O)COc1cccc2c(=O)c3ccccc3oc12. The second-order valence-electron chi connectivity index (χ2n) is 4.24. The molecule has 0 atom stereocenters. The van der Waals surface area contributed by atoms with Gasteiger partial charge in [0.1, 0.15) is 5.58 Å². The highest BCUT2D eigenvalue weighted by Gasteiger charge is 2.12. The molecule has 0 unspecified atom stereocenters. The van der Waals surface area contributed by atoms with Gasteiger partial charge in [-0.05, 0) is 24.3 Å². The Hall–Kier alpha value is -2.82. The third-order valence-corrected chi connectivity index (χ3v) is 2.92. The summed E-state index contributed by atoms with van der Waals surface area (Å²) in [5.74, 6) is -0.849. The molecule has 0 bridgehead atoms. The first kappa shape index (κ1) is 12.2. The molecule has 0 fully saturated rings. The van der Waals surface area contributed by atoms with E-state index < -0.39 is 12.6 Å². The average molecular weight is 270 g/mol. The second-order valence-corrected chi connectivity index (χ2v) is 4.24. The molecule has 1 heterocycles. The molecule has 20 heavy (non-hydrogen) atoms. The van der Waals surface area contributed by atoms with Crippen LogP contribution >= 0.6 is 0 Å². The molecule has 0 saturated heterocycles. The lowest BCUT2D eigenvalue weighted by Crippen LogP contribution is -2.10. The van der Waals surface area contributed by atoms with Crippen LogP contribution in [0.4, 0.5) is 0 Å². The molecule has 100 valence electrons. The molecule has 0 aliphatic carbocycles. The summed E-state index contributed by atoms with van der Waals surface area (Å²) in [6.07, 6.45) is 0. The van der Waals surface area contributed by atoms with E-state index in [1.54, 1.807) is 42.5 Å². The highest BCUT2D eigenvalue weighted by atomic mass is 16.5. The van der Waals surface area contributed by atoms with Crippen molar-refractivity contribution in [2.24, 2.45) is 0 Å². The van der Waals surface area contributed by atoms with Gasteiger partial charge in [-0.3, -0.25) is 4.79 Å². The lowest BCUT2D eigenvalue weighted by Gasteiger charge is -2.07. The van der Waals surface area contributed by atoms with E-state index >= 15 is 0 Å². The lowest BCUT2D eigenvalue weighted by molar-refractivity contribution is -0.139. The molecule has 5 nitrogen and oxygen atoms in total. The standard InChI is InChI=1S/C15H10O5/c16-13(17)8-19-12-7-3-5-10-14(18)9-4-1-2-6-11(9)20-15(10)12/h1-7H,8H2,(H,16,17). The zero-order valence-electron chi connectivity index (χ0n) is 10.3. The van der Waals surface area contributed by atoms with Crippen molar-refractivity contribution in [3.63, 3.8) is 0 Å². The van der Waals surface area contributed by atoms with E-state index in [4.69, 9.17) is 14.3 Å². The summed E-state index contributed by atoms with van der Waals surface area (Å²) in [7, 11) is 0. The first-order valence-electron chi connectivity index (χ1n) is 5.96. The maximum atomic E-state index is 12.3. The van der Waals surface area contributed by atoms with Crippen molar-refractivity contribution in [1.82, 2.24) is 0 Å². The van der Waals surface area contributed by atoms with Crippen molar-refractivity contribution in [2.45, 2.75) is 0 Å². The van der Waals surface area contributed by atoms with Crippen LogP contribution in [0.1, 0.15) is 0 Å². The van der Waals surface area contributed by atoms with E-state index in [9.17, 15) is 9.59 Å². The van der Waals surface area contributed by atoms with Gasteiger partial charge in [0.15, 0.2) is 17.9 Å². The first-order chi connectivity index (χ1) is 9.66. The van der Waals surface area contributed by atoms with E-state index in [1.165, 1.54) is 0 Å². The zero-order valence-corrected chi connectivity index (χ0v) is 10.3. The van der Waals surface area contributed by atoms with E-state index in [1.807, 2.05) is 0 Å². The van der Waals surface area contributed by atoms with Gasteiger partial charge < -0.3 is 14.3 Å². The summed E-state index contributed by atoms with van der Waals surface area (Å²) in [5.41, 5.74) is 0.538. The van der Waals surface area contributed by atoms with Crippen LogP contribution < -0.4 is 10.2 Å². The molecule has 2 aromatic carbocycles. The van der Waals surface area contributed by atoms with Gasteiger partial charge in [-0.25, -0.2) is 4.79 Å². The van der Waals surface area contributed by atoms with Crippen LogP contribution in [-0.2, 0) is 4.79 Å². The minimum Gasteiger partial charge on any atom is -0.479 e. The molecule has 0 aliphatic rings. The molecule has 3 aromatic rings. The predicted octanol–water partition coefficient (Wildman–Crippen LogP) is 2.41. The number of aliphatic carboxylic acids is 1. The summed E-state index contributed by atoms with van der Waals surface area (Å²) in [4.78, 5) is 22.9. The molecule has 5 heteroatoms. The minimum atomic E-state index is -1.09. The maximum Gasteiger partial charge on any atom is 0.341 e. The van der Waals surface area contributed by atoms with Crippen molar-refractivity contribution in [2.75, 3.05) is 6.61 Å². The van der Waals surface area contributed by atoms with Crippen LogP contribution in [-0.4, -0.2) is 17.7 Å². The fraction of sp³-hybridized carbons (Fsp3) is 0.0667. The lowest BCUT2D eigenvalue weighted by atomic mass is 10.1. The monoisotopic (exact) mass is 270 g/mol. The van der Waals surface area contributed by atoms with E-state index in [2.05, 4.69) is 0 Å². The van der Waals surface area contributed by atoms with Crippen molar-refractivity contribution >= 4 is 27.9 Å². The average Bonchev–Trinajstić information content (AvgIpc) is 2.45. The Morgan fingerprint density at radius 2 is 1.85 bits per heavy atom. The van der Waals surface area contributed by atoms with Gasteiger partial charge in [0, 0.05) is 0 Å². The van der Waals surface area contributed by atoms with E-state index in [0.717, 1.165) is 0 Å². The van der Waals surface area contributed by atoms with Crippen molar-refractivity contribution in [1.29, 1.82) is 0 Å². The van der Waals surface area contributed by atoms with Crippen molar-refractivity contribution < 1.29 is 19.1 Å². The summed E-state index contributed by atoms with van der Waals surface area (Å²) in [6, 6.07) is 11.7. The number of hydrogen-bond acceptors (Lipinski definition) is 4. The Balaban J connectivity index is 2.28. The van der Waals surface area contributed by atoms with Crippen molar-refractivity contribution in [3.8, 4) is 5.75 Å². The highest BCUT2D eigenvalue weighted by Crippen LogP contribution is 2.26. The summed E-state index contributed by atoms with van der Waals surface area (Å²) < 4.78 is 10.8. The molecule has 0 spiro atoms. The Morgan fingerprint density at radius 3 is 2.65 bits per heavy atom. The number of para-hydroxylation sites is 2. The van der Waals surface area contributed by atoms with Crippen LogP contribution in [0.25, 0.3) is 21.9 Å². The molecule has 0 aliphatic heterocycles. The fourth-order valence-corrected chi connectivity index (χ4v) is 2.05. The Bertz CT molecular complexity index is 863. The van der Waals surface area contributed by atoms with Gasteiger partial charge >= 0.3 is 5.97 Å². The number of carboxylic acids is 1. The molecule has 0 amide bonds. The third kappa shape index (κ3) is 1.99. The van der Waals surface area contributed by atoms with E-state index in [0.29, 0.717) is 16.4 Å². The smallest absolute Gasteiger partial charge is 0.341 e. The van der Waals surface area contributed by atoms with Crippen LogP contribution in [0.2, 0.25) is 0 Å². The largest absolute Gasteiger partial charge is 0.479 e. The Kier molecular flexibility index (Phi) is 2.87. The summed E-state index contributed by atoms with van der Waals surface area (Å²) in [6.45, 7) is -0.490. The second kappa shape index (κ2) is 4.70. The number of benzene rings is 2. The summed E-state index contributed by atoms with van der Waals surface area (Å²) >= 11 is 0. The van der Waals surface area contributed by atoms with Crippen LogP contribution in [0.5, 0.6) is 5.75 Å². The number of rotatable bonds is 3. The molecule has 1 aromatic heterocycles. The number of carbonyl (C=O) groups is 1. The van der Waals surface area contributed by atoms with Gasteiger partial charge in [0.05, 0.1) is 10.8 Å². The van der Waals surface area contributed by atoms with Gasteiger partial charge in [-0.2, -0.15) is 0 Å².